The van der Waals surface area contributed by atoms with Gasteiger partial charge in [-0.05, 0) is 50.3 Å². The summed E-state index contributed by atoms with van der Waals surface area (Å²) >= 11 is 2.95. The van der Waals surface area contributed by atoms with Crippen molar-refractivity contribution in [1.82, 2.24) is 25.4 Å². The first kappa shape index (κ1) is 33.9. The number of thioether (sulfide) groups is 1. The molecular weight excluding hydrogens is 611 g/mol. The maximum Gasteiger partial charge on any atom is 0.410 e. The van der Waals surface area contributed by atoms with Crippen LogP contribution in [0.15, 0.2) is 59.7 Å². The Labute approximate surface area is 272 Å². The van der Waals surface area contributed by atoms with E-state index in [-0.39, 0.29) is 23.6 Å². The van der Waals surface area contributed by atoms with E-state index in [1.165, 1.54) is 16.2 Å². The Morgan fingerprint density at radius 2 is 1.62 bits per heavy atom. The van der Waals surface area contributed by atoms with Crippen LogP contribution in [0.1, 0.15) is 61.7 Å². The van der Waals surface area contributed by atoms with Gasteiger partial charge in [0.25, 0.3) is 0 Å². The van der Waals surface area contributed by atoms with Crippen molar-refractivity contribution < 1.29 is 19.1 Å². The summed E-state index contributed by atoms with van der Waals surface area (Å²) in [6, 6.07) is 17.2. The average molecular weight is 652 g/mol. The van der Waals surface area contributed by atoms with Gasteiger partial charge in [-0.1, -0.05) is 84.1 Å². The third-order valence-corrected chi connectivity index (χ3v) is 8.77. The van der Waals surface area contributed by atoms with Crippen LogP contribution < -0.4 is 10.6 Å². The summed E-state index contributed by atoms with van der Waals surface area (Å²) in [7, 11) is 3.61. The SMILES string of the molecule is CN(Cc1cccc(CC(=O)Nc2nnc(CCCCC3SC(NC(=O)Cc4ccccc4)=NN3C)s2)c1)C(=O)OC(C)(C)C. The number of anilines is 1. The molecule has 1 atom stereocenters. The summed E-state index contributed by atoms with van der Waals surface area (Å²) in [6.45, 7) is 5.87. The Kier molecular flexibility index (Phi) is 11.9. The molecule has 2 aromatic carbocycles. The Bertz CT molecular complexity index is 1490. The van der Waals surface area contributed by atoms with E-state index in [1.54, 1.807) is 18.8 Å². The standard InChI is InChI=1S/C32H41N7O4S2/c1-32(2,3)43-31(42)38(4)21-24-15-11-14-23(18-24)20-26(41)33-29-36-35-27(44-29)16-9-10-17-28-39(5)37-30(45-28)34-25(40)19-22-12-7-6-8-13-22/h6-8,11-15,18,28H,9-10,16-17,19-21H2,1-5H3,(H,33,36,41)(H,34,37,40). The van der Waals surface area contributed by atoms with Crippen molar-refractivity contribution in [2.45, 2.75) is 76.8 Å². The maximum atomic E-state index is 12.7. The third-order valence-electron chi connectivity index (χ3n) is 6.65. The number of aryl methyl sites for hydroxylation is 1. The smallest absolute Gasteiger partial charge is 0.410 e. The molecule has 3 aromatic rings. The summed E-state index contributed by atoms with van der Waals surface area (Å²) in [5.41, 5.74) is 2.15. The minimum Gasteiger partial charge on any atom is -0.444 e. The van der Waals surface area contributed by atoms with Gasteiger partial charge in [0.2, 0.25) is 16.9 Å². The summed E-state index contributed by atoms with van der Waals surface area (Å²) < 4.78 is 5.41. The number of amides is 3. The monoisotopic (exact) mass is 651 g/mol. The highest BCUT2D eigenvalue weighted by atomic mass is 32.2. The number of carbonyl (C=O) groups excluding carboxylic acids is 3. The van der Waals surface area contributed by atoms with E-state index < -0.39 is 11.7 Å². The van der Waals surface area contributed by atoms with Crippen molar-refractivity contribution >= 4 is 51.3 Å². The molecule has 0 fully saturated rings. The van der Waals surface area contributed by atoms with E-state index in [4.69, 9.17) is 4.74 Å². The van der Waals surface area contributed by atoms with Gasteiger partial charge >= 0.3 is 6.09 Å². The molecule has 1 aromatic heterocycles. The molecule has 0 saturated carbocycles. The first-order valence-corrected chi connectivity index (χ1v) is 16.6. The van der Waals surface area contributed by atoms with Crippen molar-refractivity contribution in [3.8, 4) is 0 Å². The van der Waals surface area contributed by atoms with Crippen LogP contribution in [-0.2, 0) is 40.1 Å². The molecule has 0 saturated heterocycles. The molecule has 1 unspecified atom stereocenters. The fraction of sp³-hybridized carbons (Fsp3) is 0.438. The lowest BCUT2D eigenvalue weighted by Crippen LogP contribution is -2.33. The second kappa shape index (κ2) is 15.8. The number of amidine groups is 1. The van der Waals surface area contributed by atoms with E-state index in [1.807, 2.05) is 87.4 Å². The second-order valence-corrected chi connectivity index (χ2v) is 14.1. The fourth-order valence-electron chi connectivity index (χ4n) is 4.55. The van der Waals surface area contributed by atoms with E-state index in [9.17, 15) is 14.4 Å². The quantitative estimate of drug-likeness (QED) is 0.248. The van der Waals surface area contributed by atoms with Crippen LogP contribution >= 0.6 is 23.1 Å². The molecule has 3 amide bonds. The highest BCUT2D eigenvalue weighted by Crippen LogP contribution is 2.28. The zero-order valence-electron chi connectivity index (χ0n) is 26.4. The lowest BCUT2D eigenvalue weighted by molar-refractivity contribution is -0.119. The summed E-state index contributed by atoms with van der Waals surface area (Å²) in [4.78, 5) is 38.9. The lowest BCUT2D eigenvalue weighted by atomic mass is 10.1. The Morgan fingerprint density at radius 3 is 2.38 bits per heavy atom. The van der Waals surface area contributed by atoms with Crippen molar-refractivity contribution in [1.29, 1.82) is 0 Å². The van der Waals surface area contributed by atoms with Crippen LogP contribution in [0.2, 0.25) is 0 Å². The van der Waals surface area contributed by atoms with Crippen molar-refractivity contribution in [3.63, 3.8) is 0 Å². The second-order valence-electron chi connectivity index (χ2n) is 11.9. The number of carbonyl (C=O) groups is 3. The number of aromatic nitrogens is 2. The van der Waals surface area contributed by atoms with Crippen molar-refractivity contribution in [2.24, 2.45) is 5.10 Å². The molecule has 0 bridgehead atoms. The maximum absolute atomic E-state index is 12.7. The van der Waals surface area contributed by atoms with Crippen LogP contribution in [0.5, 0.6) is 0 Å². The molecule has 2 N–H and O–H groups in total. The first-order valence-electron chi connectivity index (χ1n) is 14.9. The number of unbranched alkanes of at least 4 members (excludes halogenated alkanes) is 1. The molecule has 0 aliphatic carbocycles. The number of hydrogen-bond acceptors (Lipinski definition) is 10. The van der Waals surface area contributed by atoms with Gasteiger partial charge in [-0.3, -0.25) is 14.6 Å². The molecule has 45 heavy (non-hydrogen) atoms. The number of hydrogen-bond donors (Lipinski definition) is 2. The average Bonchev–Trinajstić information content (AvgIpc) is 3.55. The Balaban J connectivity index is 1.14. The van der Waals surface area contributed by atoms with Crippen LogP contribution in [0.3, 0.4) is 0 Å². The van der Waals surface area contributed by atoms with E-state index in [0.717, 1.165) is 47.4 Å². The van der Waals surface area contributed by atoms with Gasteiger partial charge in [-0.2, -0.15) is 5.10 Å². The molecule has 11 nitrogen and oxygen atoms in total. The number of hydrazone groups is 1. The van der Waals surface area contributed by atoms with E-state index in [0.29, 0.717) is 23.3 Å². The molecular formula is C32H41N7O4S2. The fourth-order valence-corrected chi connectivity index (χ4v) is 6.44. The highest BCUT2D eigenvalue weighted by molar-refractivity contribution is 8.14. The number of benzene rings is 2. The largest absolute Gasteiger partial charge is 0.444 e. The molecule has 1 aliphatic rings. The minimum atomic E-state index is -0.564. The first-order chi connectivity index (χ1) is 21.4. The lowest BCUT2D eigenvalue weighted by Gasteiger charge is -2.24. The van der Waals surface area contributed by atoms with Crippen LogP contribution in [-0.4, -0.2) is 68.3 Å². The molecule has 0 radical (unpaired) electrons. The number of rotatable bonds is 12. The number of nitrogens with one attached hydrogen (secondary N) is 2. The number of ether oxygens (including phenoxy) is 1. The molecule has 13 heteroatoms. The Morgan fingerprint density at radius 1 is 0.933 bits per heavy atom. The van der Waals surface area contributed by atoms with Gasteiger partial charge in [0.1, 0.15) is 10.6 Å². The zero-order chi connectivity index (χ0) is 32.4. The molecule has 0 spiro atoms. The van der Waals surface area contributed by atoms with Crippen LogP contribution in [0.4, 0.5) is 9.93 Å². The third kappa shape index (κ3) is 11.5. The topological polar surface area (TPSA) is 129 Å². The summed E-state index contributed by atoms with van der Waals surface area (Å²) in [5.74, 6) is -0.249. The number of nitrogens with zero attached hydrogens (tertiary/aromatic N) is 5. The Hall–Kier alpha value is -3.97. The summed E-state index contributed by atoms with van der Waals surface area (Å²) in [6.07, 6.45) is 3.67. The van der Waals surface area contributed by atoms with E-state index >= 15 is 0 Å². The van der Waals surface area contributed by atoms with Gasteiger partial charge in [0, 0.05) is 27.1 Å². The van der Waals surface area contributed by atoms with Crippen LogP contribution in [0.25, 0.3) is 0 Å². The normalized spacial score (nSPS) is 14.6. The van der Waals surface area contributed by atoms with Gasteiger partial charge in [-0.15, -0.1) is 10.2 Å². The van der Waals surface area contributed by atoms with Gasteiger partial charge < -0.3 is 20.3 Å². The zero-order valence-corrected chi connectivity index (χ0v) is 28.0. The van der Waals surface area contributed by atoms with Gasteiger partial charge in [-0.25, -0.2) is 4.79 Å². The minimum absolute atomic E-state index is 0.0719. The molecule has 240 valence electrons. The van der Waals surface area contributed by atoms with E-state index in [2.05, 4.69) is 25.9 Å². The predicted molar refractivity (Wildman–Crippen MR) is 179 cm³/mol. The van der Waals surface area contributed by atoms with Gasteiger partial charge in [0.05, 0.1) is 18.2 Å². The van der Waals surface area contributed by atoms with Gasteiger partial charge in [0.15, 0.2) is 5.17 Å². The predicted octanol–water partition coefficient (Wildman–Crippen LogP) is 5.43. The van der Waals surface area contributed by atoms with Crippen molar-refractivity contribution in [2.75, 3.05) is 19.4 Å². The molecule has 1 aliphatic heterocycles. The van der Waals surface area contributed by atoms with Crippen molar-refractivity contribution in [3.05, 3.63) is 76.3 Å². The summed E-state index contributed by atoms with van der Waals surface area (Å²) in [5, 5.41) is 22.7. The highest BCUT2D eigenvalue weighted by Gasteiger charge is 2.25. The van der Waals surface area contributed by atoms with Crippen LogP contribution in [0, 0.1) is 0 Å². The molecule has 4 rings (SSSR count). The molecule has 2 heterocycles.